The van der Waals surface area contributed by atoms with E-state index < -0.39 is 0 Å². The number of nitrogen functional groups attached to an aromatic ring is 1. The van der Waals surface area contributed by atoms with Gasteiger partial charge in [-0.15, -0.1) is 11.3 Å². The molecule has 0 aromatic carbocycles. The number of thiazole rings is 1. The summed E-state index contributed by atoms with van der Waals surface area (Å²) in [5.41, 5.74) is 8.17. The molecule has 2 aromatic rings. The first-order valence-electron chi connectivity index (χ1n) is 7.53. The molecule has 0 saturated heterocycles. The Balaban J connectivity index is 2.34. The van der Waals surface area contributed by atoms with E-state index in [1.165, 1.54) is 24.4 Å². The fraction of sp³-hybridized carbons (Fsp3) is 0.600. The summed E-state index contributed by atoms with van der Waals surface area (Å²) in [6, 6.07) is 0. The molecule has 4 nitrogen and oxygen atoms in total. The number of nitrogens with two attached hydrogens (primary N) is 1. The number of anilines is 2. The summed E-state index contributed by atoms with van der Waals surface area (Å²) in [4.78, 5) is 6.99. The molecule has 0 atom stereocenters. The molecule has 0 radical (unpaired) electrons. The van der Waals surface area contributed by atoms with Gasteiger partial charge in [0.25, 0.3) is 0 Å². The van der Waals surface area contributed by atoms with Crippen molar-refractivity contribution in [1.82, 2.24) is 9.36 Å². The Morgan fingerprint density at radius 1 is 1.29 bits per heavy atom. The van der Waals surface area contributed by atoms with E-state index in [0.717, 1.165) is 34.4 Å². The molecule has 0 aliphatic heterocycles. The number of aromatic nitrogens is 2. The molecule has 0 fully saturated rings. The largest absolute Gasteiger partial charge is 0.382 e. The highest BCUT2D eigenvalue weighted by Gasteiger charge is 2.22. The summed E-state index contributed by atoms with van der Waals surface area (Å²) in [6.45, 7) is 10.7. The lowest BCUT2D eigenvalue weighted by Crippen LogP contribution is -2.28. The standard InChI is InChI=1S/C15H24N4S2/c1-5-11(6-2)8-19(7-3)15-12(13(16)18-21-15)14-17-10(4)9-20-14/h9,11H,5-8H2,1-4H3,(H2,16,18). The lowest BCUT2D eigenvalue weighted by Gasteiger charge is -2.26. The SMILES string of the molecule is CCC(CC)CN(CC)c1snc(N)c1-c1nc(C)cs1. The van der Waals surface area contributed by atoms with E-state index in [1.807, 2.05) is 6.92 Å². The van der Waals surface area contributed by atoms with Crippen LogP contribution in [0.5, 0.6) is 0 Å². The van der Waals surface area contributed by atoms with E-state index >= 15 is 0 Å². The zero-order valence-electron chi connectivity index (χ0n) is 13.2. The highest BCUT2D eigenvalue weighted by Crippen LogP contribution is 2.41. The Hall–Kier alpha value is -1.14. The van der Waals surface area contributed by atoms with Gasteiger partial charge in [-0.3, -0.25) is 0 Å². The van der Waals surface area contributed by atoms with E-state index in [1.54, 1.807) is 11.3 Å². The Morgan fingerprint density at radius 2 is 2.00 bits per heavy atom. The smallest absolute Gasteiger partial charge is 0.149 e. The first kappa shape index (κ1) is 16.2. The Labute approximate surface area is 135 Å². The first-order valence-corrected chi connectivity index (χ1v) is 9.18. The van der Waals surface area contributed by atoms with Crippen LogP contribution >= 0.6 is 22.9 Å². The lowest BCUT2D eigenvalue weighted by atomic mass is 10.0. The molecule has 0 spiro atoms. The fourth-order valence-corrected chi connectivity index (χ4v) is 4.20. The van der Waals surface area contributed by atoms with Crippen molar-refractivity contribution in [3.63, 3.8) is 0 Å². The third kappa shape index (κ3) is 3.55. The molecular formula is C15H24N4S2. The van der Waals surface area contributed by atoms with E-state index in [-0.39, 0.29) is 0 Å². The van der Waals surface area contributed by atoms with Gasteiger partial charge in [-0.05, 0) is 31.3 Å². The number of aryl methyl sites for hydroxylation is 1. The predicted octanol–water partition coefficient (Wildman–Crippen LogP) is 4.42. The molecule has 0 aliphatic rings. The van der Waals surface area contributed by atoms with Crippen molar-refractivity contribution in [3.05, 3.63) is 11.1 Å². The lowest BCUT2D eigenvalue weighted by molar-refractivity contribution is 0.487. The predicted molar refractivity (Wildman–Crippen MR) is 94.3 cm³/mol. The number of hydrogen-bond acceptors (Lipinski definition) is 6. The minimum absolute atomic E-state index is 0.604. The summed E-state index contributed by atoms with van der Waals surface area (Å²) in [7, 11) is 0. The second-order valence-corrected chi connectivity index (χ2v) is 6.87. The Bertz CT molecular complexity index is 572. The second kappa shape index (κ2) is 7.22. The molecule has 2 heterocycles. The van der Waals surface area contributed by atoms with Gasteiger partial charge in [0.15, 0.2) is 0 Å². The molecule has 0 aliphatic carbocycles. The van der Waals surface area contributed by atoms with Crippen LogP contribution in [0.2, 0.25) is 0 Å². The van der Waals surface area contributed by atoms with Crippen molar-refractivity contribution in [2.45, 2.75) is 40.5 Å². The summed E-state index contributed by atoms with van der Waals surface area (Å²) in [6.07, 6.45) is 2.40. The van der Waals surface area contributed by atoms with E-state index in [9.17, 15) is 0 Å². The average Bonchev–Trinajstić information content (AvgIpc) is 3.06. The molecule has 2 aromatic heterocycles. The summed E-state index contributed by atoms with van der Waals surface area (Å²) in [5.74, 6) is 1.31. The van der Waals surface area contributed by atoms with Gasteiger partial charge >= 0.3 is 0 Å². The van der Waals surface area contributed by atoms with Crippen LogP contribution in [0.25, 0.3) is 10.6 Å². The van der Waals surface area contributed by atoms with E-state index in [2.05, 4.69) is 40.4 Å². The highest BCUT2D eigenvalue weighted by atomic mass is 32.1. The monoisotopic (exact) mass is 324 g/mol. The summed E-state index contributed by atoms with van der Waals surface area (Å²) >= 11 is 3.14. The van der Waals surface area contributed by atoms with Gasteiger partial charge in [0.1, 0.15) is 15.8 Å². The van der Waals surface area contributed by atoms with Crippen molar-refractivity contribution >= 4 is 33.7 Å². The molecule has 0 amide bonds. The summed E-state index contributed by atoms with van der Waals surface area (Å²) < 4.78 is 4.37. The second-order valence-electron chi connectivity index (χ2n) is 5.26. The first-order chi connectivity index (χ1) is 10.1. The molecule has 2 N–H and O–H groups in total. The minimum atomic E-state index is 0.604. The van der Waals surface area contributed by atoms with Crippen molar-refractivity contribution in [2.75, 3.05) is 23.7 Å². The quantitative estimate of drug-likeness (QED) is 0.819. The number of hydrogen-bond donors (Lipinski definition) is 1. The molecule has 116 valence electrons. The van der Waals surface area contributed by atoms with Gasteiger partial charge in [-0.1, -0.05) is 26.7 Å². The average molecular weight is 325 g/mol. The molecule has 0 saturated carbocycles. The highest BCUT2D eigenvalue weighted by molar-refractivity contribution is 7.15. The van der Waals surface area contributed by atoms with Crippen LogP contribution < -0.4 is 10.6 Å². The van der Waals surface area contributed by atoms with Crippen molar-refractivity contribution in [1.29, 1.82) is 0 Å². The van der Waals surface area contributed by atoms with Crippen LogP contribution in [0.3, 0.4) is 0 Å². The van der Waals surface area contributed by atoms with Crippen LogP contribution in [-0.2, 0) is 0 Å². The zero-order chi connectivity index (χ0) is 15.4. The molecule has 0 bridgehead atoms. The third-order valence-corrected chi connectivity index (χ3v) is 5.74. The maximum Gasteiger partial charge on any atom is 0.149 e. The topological polar surface area (TPSA) is 55.0 Å². The van der Waals surface area contributed by atoms with Crippen LogP contribution in [0, 0.1) is 12.8 Å². The Morgan fingerprint density at radius 3 is 2.52 bits per heavy atom. The molecule has 6 heteroatoms. The fourth-order valence-electron chi connectivity index (χ4n) is 2.39. The third-order valence-electron chi connectivity index (χ3n) is 3.84. The van der Waals surface area contributed by atoms with Crippen LogP contribution in [0.1, 0.15) is 39.3 Å². The maximum atomic E-state index is 6.11. The zero-order valence-corrected chi connectivity index (χ0v) is 14.9. The van der Waals surface area contributed by atoms with Crippen LogP contribution in [0.15, 0.2) is 5.38 Å². The molecule has 21 heavy (non-hydrogen) atoms. The van der Waals surface area contributed by atoms with Crippen molar-refractivity contribution in [3.8, 4) is 10.6 Å². The maximum absolute atomic E-state index is 6.11. The Kier molecular flexibility index (Phi) is 5.58. The van der Waals surface area contributed by atoms with Gasteiger partial charge in [0, 0.05) is 24.2 Å². The van der Waals surface area contributed by atoms with Crippen molar-refractivity contribution in [2.24, 2.45) is 5.92 Å². The molecular weight excluding hydrogens is 300 g/mol. The van der Waals surface area contributed by atoms with Gasteiger partial charge in [-0.25, -0.2) is 4.98 Å². The molecule has 0 unspecified atom stereocenters. The van der Waals surface area contributed by atoms with Crippen LogP contribution in [0.4, 0.5) is 10.8 Å². The van der Waals surface area contributed by atoms with Gasteiger partial charge in [0.05, 0.1) is 5.56 Å². The number of rotatable bonds is 7. The van der Waals surface area contributed by atoms with Crippen molar-refractivity contribution < 1.29 is 0 Å². The molecule has 2 rings (SSSR count). The van der Waals surface area contributed by atoms with Gasteiger partial charge in [-0.2, -0.15) is 4.37 Å². The number of nitrogens with zero attached hydrogens (tertiary/aromatic N) is 3. The normalized spacial score (nSPS) is 11.3. The summed E-state index contributed by atoms with van der Waals surface area (Å²) in [5, 5.41) is 4.21. The van der Waals surface area contributed by atoms with Gasteiger partial charge in [0.2, 0.25) is 0 Å². The van der Waals surface area contributed by atoms with Gasteiger partial charge < -0.3 is 10.6 Å². The minimum Gasteiger partial charge on any atom is -0.382 e. The van der Waals surface area contributed by atoms with E-state index in [0.29, 0.717) is 11.7 Å². The van der Waals surface area contributed by atoms with Crippen LogP contribution in [-0.4, -0.2) is 22.4 Å². The van der Waals surface area contributed by atoms with E-state index in [4.69, 9.17) is 5.73 Å².